The normalized spacial score (nSPS) is 17.2. The summed E-state index contributed by atoms with van der Waals surface area (Å²) in [5.74, 6) is 0.356. The molecular formula is C18H23N5O3. The van der Waals surface area contributed by atoms with Crippen LogP contribution >= 0.6 is 0 Å². The maximum absolute atomic E-state index is 12.5. The van der Waals surface area contributed by atoms with Crippen LogP contribution in [0.3, 0.4) is 0 Å². The molecule has 2 aromatic rings. The number of nitrogens with zero attached hydrogens (tertiary/aromatic N) is 4. The molecule has 138 valence electrons. The molecule has 8 nitrogen and oxygen atoms in total. The Labute approximate surface area is 151 Å². The average molecular weight is 357 g/mol. The number of amides is 1. The van der Waals surface area contributed by atoms with Crippen LogP contribution in [-0.2, 0) is 25.4 Å². The Morgan fingerprint density at radius 2 is 2.12 bits per heavy atom. The van der Waals surface area contributed by atoms with Crippen LogP contribution in [0.1, 0.15) is 18.4 Å². The summed E-state index contributed by atoms with van der Waals surface area (Å²) in [5, 5.41) is 2.95. The highest BCUT2D eigenvalue weighted by Gasteiger charge is 2.27. The van der Waals surface area contributed by atoms with E-state index in [2.05, 4.69) is 10.3 Å². The lowest BCUT2D eigenvalue weighted by Gasteiger charge is -2.34. The highest BCUT2D eigenvalue weighted by molar-refractivity contribution is 5.79. The van der Waals surface area contributed by atoms with Crippen molar-refractivity contribution in [3.63, 3.8) is 0 Å². The third-order valence-corrected chi connectivity index (χ3v) is 4.81. The molecule has 1 atom stereocenters. The highest BCUT2D eigenvalue weighted by Crippen LogP contribution is 2.21. The summed E-state index contributed by atoms with van der Waals surface area (Å²) in [5.41, 5.74) is 0.240. The van der Waals surface area contributed by atoms with Gasteiger partial charge in [0.2, 0.25) is 5.91 Å². The molecule has 0 saturated carbocycles. The van der Waals surface area contributed by atoms with Gasteiger partial charge in [0.05, 0.1) is 5.92 Å². The molecule has 8 heteroatoms. The van der Waals surface area contributed by atoms with Crippen LogP contribution in [0.4, 0.5) is 5.82 Å². The molecule has 1 fully saturated rings. The van der Waals surface area contributed by atoms with Gasteiger partial charge in [0.25, 0.3) is 5.56 Å². The van der Waals surface area contributed by atoms with E-state index >= 15 is 0 Å². The largest absolute Gasteiger partial charge is 0.357 e. The van der Waals surface area contributed by atoms with E-state index in [1.54, 1.807) is 19.4 Å². The van der Waals surface area contributed by atoms with E-state index in [1.165, 1.54) is 17.7 Å². The summed E-state index contributed by atoms with van der Waals surface area (Å²) < 4.78 is 2.53. The molecule has 1 unspecified atom stereocenters. The van der Waals surface area contributed by atoms with E-state index < -0.39 is 0 Å². The minimum atomic E-state index is -0.365. The smallest absolute Gasteiger partial charge is 0.332 e. The maximum atomic E-state index is 12.5. The molecule has 1 aliphatic heterocycles. The van der Waals surface area contributed by atoms with Crippen molar-refractivity contribution in [1.29, 1.82) is 0 Å². The van der Waals surface area contributed by atoms with Crippen molar-refractivity contribution in [2.24, 2.45) is 20.0 Å². The van der Waals surface area contributed by atoms with Crippen LogP contribution < -0.4 is 21.5 Å². The first-order valence-corrected chi connectivity index (χ1v) is 8.66. The van der Waals surface area contributed by atoms with Gasteiger partial charge in [-0.05, 0) is 24.5 Å². The predicted molar refractivity (Wildman–Crippen MR) is 97.9 cm³/mol. The lowest BCUT2D eigenvalue weighted by Crippen LogP contribution is -2.46. The van der Waals surface area contributed by atoms with E-state index in [1.807, 2.05) is 17.0 Å². The molecule has 2 aromatic heterocycles. The Hall–Kier alpha value is -2.90. The van der Waals surface area contributed by atoms with Gasteiger partial charge in [0.15, 0.2) is 0 Å². The Balaban J connectivity index is 1.70. The van der Waals surface area contributed by atoms with Crippen LogP contribution in [0.2, 0.25) is 0 Å². The molecule has 3 rings (SSSR count). The Morgan fingerprint density at radius 3 is 2.85 bits per heavy atom. The Morgan fingerprint density at radius 1 is 1.31 bits per heavy atom. The van der Waals surface area contributed by atoms with Gasteiger partial charge in [0, 0.05) is 52.2 Å². The fraction of sp³-hybridized carbons (Fsp3) is 0.444. The number of rotatable bonds is 4. The highest BCUT2D eigenvalue weighted by atomic mass is 16.2. The molecule has 26 heavy (non-hydrogen) atoms. The predicted octanol–water partition coefficient (Wildman–Crippen LogP) is 0.0118. The lowest BCUT2D eigenvalue weighted by molar-refractivity contribution is -0.125. The van der Waals surface area contributed by atoms with E-state index in [9.17, 15) is 14.4 Å². The molecule has 1 N–H and O–H groups in total. The van der Waals surface area contributed by atoms with Crippen molar-refractivity contribution in [3.8, 4) is 0 Å². The number of piperidine rings is 1. The lowest BCUT2D eigenvalue weighted by atomic mass is 9.97. The van der Waals surface area contributed by atoms with E-state index in [0.29, 0.717) is 25.5 Å². The minimum Gasteiger partial charge on any atom is -0.357 e. The van der Waals surface area contributed by atoms with Crippen molar-refractivity contribution in [2.45, 2.75) is 19.4 Å². The van der Waals surface area contributed by atoms with Crippen molar-refractivity contribution in [3.05, 3.63) is 57.0 Å². The molecule has 0 radical (unpaired) electrons. The SMILES string of the molecule is Cn1c(N2CCCC(C(=O)NCc3cccnc3)C2)cc(=O)n(C)c1=O. The summed E-state index contributed by atoms with van der Waals surface area (Å²) in [4.78, 5) is 42.6. The van der Waals surface area contributed by atoms with Crippen molar-refractivity contribution in [1.82, 2.24) is 19.4 Å². The van der Waals surface area contributed by atoms with Gasteiger partial charge in [-0.25, -0.2) is 4.79 Å². The van der Waals surface area contributed by atoms with Crippen molar-refractivity contribution < 1.29 is 4.79 Å². The average Bonchev–Trinajstić information content (AvgIpc) is 2.68. The summed E-state index contributed by atoms with van der Waals surface area (Å²) >= 11 is 0. The van der Waals surface area contributed by atoms with Crippen LogP contribution in [0.15, 0.2) is 40.2 Å². The molecule has 0 bridgehead atoms. The molecule has 0 spiro atoms. The number of aromatic nitrogens is 3. The van der Waals surface area contributed by atoms with Gasteiger partial charge < -0.3 is 10.2 Å². The molecule has 1 saturated heterocycles. The van der Waals surface area contributed by atoms with E-state index in [4.69, 9.17) is 0 Å². The number of carbonyl (C=O) groups excluding carboxylic acids is 1. The fourth-order valence-corrected chi connectivity index (χ4v) is 3.26. The summed E-state index contributed by atoms with van der Waals surface area (Å²) in [6, 6.07) is 5.20. The minimum absolute atomic E-state index is 0.0209. The van der Waals surface area contributed by atoms with Crippen LogP contribution in [0.25, 0.3) is 0 Å². The van der Waals surface area contributed by atoms with E-state index in [-0.39, 0.29) is 23.1 Å². The molecule has 3 heterocycles. The second-order valence-corrected chi connectivity index (χ2v) is 6.61. The third-order valence-electron chi connectivity index (χ3n) is 4.81. The number of pyridine rings is 1. The molecule has 1 aliphatic rings. The van der Waals surface area contributed by atoms with Crippen molar-refractivity contribution >= 4 is 11.7 Å². The Bertz CT molecular complexity index is 903. The number of nitrogens with one attached hydrogen (secondary N) is 1. The molecule has 0 aliphatic carbocycles. The van der Waals surface area contributed by atoms with Gasteiger partial charge in [0.1, 0.15) is 5.82 Å². The summed E-state index contributed by atoms with van der Waals surface area (Å²) in [7, 11) is 3.10. The summed E-state index contributed by atoms with van der Waals surface area (Å²) in [6.45, 7) is 1.64. The topological polar surface area (TPSA) is 89.2 Å². The van der Waals surface area contributed by atoms with E-state index in [0.717, 1.165) is 23.0 Å². The maximum Gasteiger partial charge on any atom is 0.332 e. The zero-order valence-corrected chi connectivity index (χ0v) is 15.0. The fourth-order valence-electron chi connectivity index (χ4n) is 3.26. The van der Waals surface area contributed by atoms with Gasteiger partial charge >= 0.3 is 5.69 Å². The zero-order valence-electron chi connectivity index (χ0n) is 15.0. The first-order chi connectivity index (χ1) is 12.5. The first-order valence-electron chi connectivity index (χ1n) is 8.66. The third kappa shape index (κ3) is 3.68. The zero-order chi connectivity index (χ0) is 18.7. The number of hydrogen-bond donors (Lipinski definition) is 1. The van der Waals surface area contributed by atoms with Gasteiger partial charge in [-0.15, -0.1) is 0 Å². The second-order valence-electron chi connectivity index (χ2n) is 6.61. The van der Waals surface area contributed by atoms with Gasteiger partial charge in [-0.3, -0.25) is 23.7 Å². The van der Waals surface area contributed by atoms with Crippen LogP contribution in [0.5, 0.6) is 0 Å². The quantitative estimate of drug-likeness (QED) is 0.833. The molecule has 1 amide bonds. The van der Waals surface area contributed by atoms with Crippen molar-refractivity contribution in [2.75, 3.05) is 18.0 Å². The van der Waals surface area contributed by atoms with Gasteiger partial charge in [-0.2, -0.15) is 0 Å². The molecule has 0 aromatic carbocycles. The molecular weight excluding hydrogens is 334 g/mol. The van der Waals surface area contributed by atoms with Crippen LogP contribution in [-0.4, -0.2) is 33.1 Å². The first kappa shape index (κ1) is 17.9. The van der Waals surface area contributed by atoms with Crippen LogP contribution in [0, 0.1) is 5.92 Å². The number of hydrogen-bond acceptors (Lipinski definition) is 5. The summed E-state index contributed by atoms with van der Waals surface area (Å²) in [6.07, 6.45) is 5.03. The number of anilines is 1. The monoisotopic (exact) mass is 357 g/mol. The second kappa shape index (κ2) is 7.55. The number of carbonyl (C=O) groups is 1. The Kier molecular flexibility index (Phi) is 5.20. The van der Waals surface area contributed by atoms with Gasteiger partial charge in [-0.1, -0.05) is 6.07 Å². The standard InChI is InChI=1S/C18H23N5O3/c1-21-15(9-16(24)22(2)18(21)26)23-8-4-6-14(12-23)17(25)20-11-13-5-3-7-19-10-13/h3,5,7,9-10,14H,4,6,8,11-12H2,1-2H3,(H,20,25).